The number of fused-ring (bicyclic) bond motifs is 2. The molecule has 4 nitrogen and oxygen atoms in total. The first kappa shape index (κ1) is 17.3. The summed E-state index contributed by atoms with van der Waals surface area (Å²) in [6, 6.07) is 17.1. The molecule has 0 fully saturated rings. The number of rotatable bonds is 3. The Morgan fingerprint density at radius 1 is 1.11 bits per heavy atom. The van der Waals surface area contributed by atoms with Crippen LogP contribution in [0.3, 0.4) is 0 Å². The summed E-state index contributed by atoms with van der Waals surface area (Å²) in [5, 5.41) is 2.59. The molecular formula is C22H17ClN2O2. The molecule has 0 atom stereocenters. The van der Waals surface area contributed by atoms with E-state index >= 15 is 0 Å². The molecule has 0 aliphatic rings. The van der Waals surface area contributed by atoms with E-state index in [0.29, 0.717) is 16.4 Å². The number of aromatic nitrogens is 2. The lowest BCUT2D eigenvalue weighted by Crippen LogP contribution is -2.15. The van der Waals surface area contributed by atoms with Crippen molar-refractivity contribution in [1.82, 2.24) is 9.38 Å². The van der Waals surface area contributed by atoms with Gasteiger partial charge in [0.2, 0.25) is 0 Å². The summed E-state index contributed by atoms with van der Waals surface area (Å²) in [7, 11) is 1.65. The lowest BCUT2D eigenvalue weighted by atomic mass is 10.1. The lowest BCUT2D eigenvalue weighted by molar-refractivity contribution is 0.415. The van der Waals surface area contributed by atoms with Gasteiger partial charge in [0.05, 0.1) is 17.8 Å². The zero-order valence-electron chi connectivity index (χ0n) is 14.9. The highest BCUT2D eigenvalue weighted by Gasteiger charge is 2.08. The number of nitrogens with zero attached hydrogens (tertiary/aromatic N) is 2. The standard InChI is InChI=1S/C22H17ClN2O2/c1-14-4-3-9-25-21(26)13-20(24-22(14)25)19(23)11-15-5-6-17-12-18(27-2)8-7-16(17)10-15/h3-13H,1-2H3/b19-11-. The van der Waals surface area contributed by atoms with Gasteiger partial charge in [-0.05, 0) is 59.2 Å². The number of ether oxygens (including phenoxy) is 1. The Hall–Kier alpha value is -3.11. The number of hydrogen-bond donors (Lipinski definition) is 0. The SMILES string of the molecule is COc1ccc2cc(/C=C(\Cl)c3cc(=O)n4cccc(C)c4n3)ccc2c1. The molecule has 0 N–H and O–H groups in total. The number of aryl methyl sites for hydroxylation is 1. The van der Waals surface area contributed by atoms with Crippen LogP contribution in [0.1, 0.15) is 16.8 Å². The summed E-state index contributed by atoms with van der Waals surface area (Å²) >= 11 is 6.49. The van der Waals surface area contributed by atoms with Gasteiger partial charge in [0.25, 0.3) is 5.56 Å². The Morgan fingerprint density at radius 3 is 2.70 bits per heavy atom. The summed E-state index contributed by atoms with van der Waals surface area (Å²) in [6.07, 6.45) is 3.53. The van der Waals surface area contributed by atoms with Crippen molar-refractivity contribution >= 4 is 39.1 Å². The van der Waals surface area contributed by atoms with Crippen LogP contribution in [0.5, 0.6) is 5.75 Å². The van der Waals surface area contributed by atoms with Crippen LogP contribution < -0.4 is 10.3 Å². The van der Waals surface area contributed by atoms with Gasteiger partial charge in [0.1, 0.15) is 11.4 Å². The minimum atomic E-state index is -0.157. The first-order chi connectivity index (χ1) is 13.0. The van der Waals surface area contributed by atoms with Gasteiger partial charge in [-0.1, -0.05) is 35.9 Å². The molecule has 5 heteroatoms. The second kappa shape index (κ2) is 6.89. The van der Waals surface area contributed by atoms with Crippen molar-refractivity contribution in [2.75, 3.05) is 7.11 Å². The quantitative estimate of drug-likeness (QED) is 0.510. The fourth-order valence-corrected chi connectivity index (χ4v) is 3.29. The summed E-state index contributed by atoms with van der Waals surface area (Å²) in [5.74, 6) is 0.819. The molecule has 0 saturated carbocycles. The molecule has 0 radical (unpaired) electrons. The molecule has 0 saturated heterocycles. The third-order valence-electron chi connectivity index (χ3n) is 4.50. The Bertz CT molecular complexity index is 1260. The van der Waals surface area contributed by atoms with Gasteiger partial charge in [-0.25, -0.2) is 4.98 Å². The summed E-state index contributed by atoms with van der Waals surface area (Å²) in [6.45, 7) is 1.92. The van der Waals surface area contributed by atoms with Crippen LogP contribution >= 0.6 is 11.6 Å². The van der Waals surface area contributed by atoms with Crippen LogP contribution in [-0.4, -0.2) is 16.5 Å². The number of pyridine rings is 1. The van der Waals surface area contributed by atoms with Crippen LogP contribution in [0.4, 0.5) is 0 Å². The van der Waals surface area contributed by atoms with E-state index in [0.717, 1.165) is 27.6 Å². The molecule has 0 bridgehead atoms. The van der Waals surface area contributed by atoms with Gasteiger partial charge in [-0.2, -0.15) is 0 Å². The molecule has 0 spiro atoms. The molecule has 27 heavy (non-hydrogen) atoms. The van der Waals surface area contributed by atoms with Gasteiger partial charge in [-0.3, -0.25) is 9.20 Å². The molecule has 4 rings (SSSR count). The number of methoxy groups -OCH3 is 1. The average Bonchev–Trinajstić information content (AvgIpc) is 2.68. The maximum atomic E-state index is 12.4. The highest BCUT2D eigenvalue weighted by molar-refractivity contribution is 6.51. The smallest absolute Gasteiger partial charge is 0.258 e. The molecule has 4 aromatic rings. The van der Waals surface area contributed by atoms with Gasteiger partial charge < -0.3 is 4.74 Å². The van der Waals surface area contributed by atoms with E-state index in [1.807, 2.05) is 61.5 Å². The average molecular weight is 377 g/mol. The maximum Gasteiger partial charge on any atom is 0.258 e. The largest absolute Gasteiger partial charge is 0.497 e. The number of hydrogen-bond acceptors (Lipinski definition) is 3. The van der Waals surface area contributed by atoms with Crippen LogP contribution in [0, 0.1) is 6.92 Å². The number of benzene rings is 2. The molecule has 0 unspecified atom stereocenters. The summed E-state index contributed by atoms with van der Waals surface area (Å²) in [4.78, 5) is 16.9. The van der Waals surface area contributed by atoms with E-state index in [1.165, 1.54) is 10.5 Å². The third kappa shape index (κ3) is 3.32. The van der Waals surface area contributed by atoms with Crippen LogP contribution in [-0.2, 0) is 0 Å². The van der Waals surface area contributed by atoms with E-state index in [-0.39, 0.29) is 5.56 Å². The monoisotopic (exact) mass is 376 g/mol. The maximum absolute atomic E-state index is 12.4. The Morgan fingerprint density at radius 2 is 1.89 bits per heavy atom. The van der Waals surface area contributed by atoms with Gasteiger partial charge in [-0.15, -0.1) is 0 Å². The van der Waals surface area contributed by atoms with E-state index in [2.05, 4.69) is 4.98 Å². The van der Waals surface area contributed by atoms with Crippen molar-refractivity contribution in [3.8, 4) is 5.75 Å². The predicted octanol–water partition coefficient (Wildman–Crippen LogP) is 4.90. The van der Waals surface area contributed by atoms with Gasteiger partial charge in [0, 0.05) is 12.3 Å². The summed E-state index contributed by atoms with van der Waals surface area (Å²) < 4.78 is 6.78. The number of halogens is 1. The third-order valence-corrected chi connectivity index (χ3v) is 4.80. The molecule has 0 aliphatic heterocycles. The van der Waals surface area contributed by atoms with Crippen molar-refractivity contribution in [2.45, 2.75) is 6.92 Å². The van der Waals surface area contributed by atoms with E-state index in [4.69, 9.17) is 16.3 Å². The molecule has 0 aliphatic carbocycles. The Kier molecular flexibility index (Phi) is 4.42. The molecule has 2 aromatic heterocycles. The van der Waals surface area contributed by atoms with Crippen molar-refractivity contribution in [1.29, 1.82) is 0 Å². The first-order valence-corrected chi connectivity index (χ1v) is 8.87. The molecular weight excluding hydrogens is 360 g/mol. The molecule has 134 valence electrons. The topological polar surface area (TPSA) is 43.6 Å². The fraction of sp³-hybridized carbons (Fsp3) is 0.0909. The normalized spacial score (nSPS) is 11.9. The van der Waals surface area contributed by atoms with Crippen molar-refractivity contribution in [3.05, 3.63) is 88.0 Å². The fourth-order valence-electron chi connectivity index (χ4n) is 3.06. The Labute approximate surface area is 161 Å². The first-order valence-electron chi connectivity index (χ1n) is 8.49. The lowest BCUT2D eigenvalue weighted by Gasteiger charge is -2.06. The molecule has 2 aromatic carbocycles. The second-order valence-corrected chi connectivity index (χ2v) is 6.74. The van der Waals surface area contributed by atoms with Gasteiger partial charge >= 0.3 is 0 Å². The minimum absolute atomic E-state index is 0.157. The van der Waals surface area contributed by atoms with Crippen LogP contribution in [0.2, 0.25) is 0 Å². The predicted molar refractivity (Wildman–Crippen MR) is 110 cm³/mol. The Balaban J connectivity index is 1.78. The van der Waals surface area contributed by atoms with Crippen molar-refractivity contribution < 1.29 is 4.74 Å². The van der Waals surface area contributed by atoms with Crippen LogP contribution in [0.25, 0.3) is 27.5 Å². The highest BCUT2D eigenvalue weighted by atomic mass is 35.5. The second-order valence-electron chi connectivity index (χ2n) is 6.33. The minimum Gasteiger partial charge on any atom is -0.497 e. The zero-order valence-corrected chi connectivity index (χ0v) is 15.7. The molecule has 0 amide bonds. The van der Waals surface area contributed by atoms with Crippen LogP contribution in [0.15, 0.2) is 65.6 Å². The van der Waals surface area contributed by atoms with E-state index in [9.17, 15) is 4.79 Å². The van der Waals surface area contributed by atoms with E-state index < -0.39 is 0 Å². The van der Waals surface area contributed by atoms with Gasteiger partial charge in [0.15, 0.2) is 0 Å². The van der Waals surface area contributed by atoms with Crippen molar-refractivity contribution in [2.24, 2.45) is 0 Å². The van der Waals surface area contributed by atoms with E-state index in [1.54, 1.807) is 13.3 Å². The summed E-state index contributed by atoms with van der Waals surface area (Å²) in [5.41, 5.74) is 2.77. The molecule has 2 heterocycles. The van der Waals surface area contributed by atoms with Crippen molar-refractivity contribution in [3.63, 3.8) is 0 Å². The highest BCUT2D eigenvalue weighted by Crippen LogP contribution is 2.25. The zero-order chi connectivity index (χ0) is 19.0.